The number of amides is 1. The molecule has 0 radical (unpaired) electrons. The third kappa shape index (κ3) is 5.13. The van der Waals surface area contributed by atoms with Crippen molar-refractivity contribution in [3.8, 4) is 5.75 Å². The molecule has 2 N–H and O–H groups in total. The van der Waals surface area contributed by atoms with Crippen LogP contribution in [0.15, 0.2) is 22.7 Å². The summed E-state index contributed by atoms with van der Waals surface area (Å²) in [4.78, 5) is 11.8. The topological polar surface area (TPSA) is 58.6 Å². The van der Waals surface area contributed by atoms with Crippen molar-refractivity contribution in [2.45, 2.75) is 45.8 Å². The van der Waals surface area contributed by atoms with Crippen LogP contribution in [-0.4, -0.2) is 23.2 Å². The highest BCUT2D eigenvalue weighted by Crippen LogP contribution is 2.28. The lowest BCUT2D eigenvalue weighted by molar-refractivity contribution is -0.124. The van der Waals surface area contributed by atoms with Crippen molar-refractivity contribution in [1.29, 1.82) is 0 Å². The average Bonchev–Trinajstić information content (AvgIpc) is 2.35. The molecule has 0 heterocycles. The number of halogens is 1. The molecule has 1 atom stereocenters. The molecule has 5 heteroatoms. The van der Waals surface area contributed by atoms with Crippen LogP contribution in [0.3, 0.4) is 0 Å². The number of nitrogens with one attached hydrogen (secondary N) is 1. The van der Waals surface area contributed by atoms with Crippen molar-refractivity contribution >= 4 is 21.8 Å². The van der Waals surface area contributed by atoms with Crippen molar-refractivity contribution in [2.24, 2.45) is 0 Å². The molecule has 0 aliphatic carbocycles. The van der Waals surface area contributed by atoms with Crippen LogP contribution in [0.5, 0.6) is 5.75 Å². The lowest BCUT2D eigenvalue weighted by Crippen LogP contribution is -2.44. The minimum Gasteiger partial charge on any atom is -0.483 e. The van der Waals surface area contributed by atoms with Gasteiger partial charge in [0.15, 0.2) is 6.61 Å². The first-order valence-corrected chi connectivity index (χ1v) is 7.46. The zero-order valence-electron chi connectivity index (χ0n) is 12.4. The summed E-state index contributed by atoms with van der Waals surface area (Å²) in [6, 6.07) is 5.35. The summed E-state index contributed by atoms with van der Waals surface area (Å²) < 4.78 is 6.37. The zero-order valence-corrected chi connectivity index (χ0v) is 14.0. The highest BCUT2D eigenvalue weighted by Gasteiger charge is 2.18. The second-order valence-corrected chi connectivity index (χ2v) is 6.35. The Balaban J connectivity index is 2.70. The Morgan fingerprint density at radius 1 is 1.50 bits per heavy atom. The van der Waals surface area contributed by atoms with Gasteiger partial charge in [0.25, 0.3) is 5.91 Å². The van der Waals surface area contributed by atoms with E-state index < -0.39 is 6.10 Å². The van der Waals surface area contributed by atoms with Gasteiger partial charge in [-0.3, -0.25) is 4.79 Å². The van der Waals surface area contributed by atoms with Crippen LogP contribution in [0.25, 0.3) is 0 Å². The molecule has 0 bridgehead atoms. The Kier molecular flexibility index (Phi) is 6.02. The Labute approximate surface area is 128 Å². The van der Waals surface area contributed by atoms with Crippen molar-refractivity contribution in [1.82, 2.24) is 5.32 Å². The van der Waals surface area contributed by atoms with Crippen LogP contribution in [0.2, 0.25) is 0 Å². The van der Waals surface area contributed by atoms with Gasteiger partial charge in [0.2, 0.25) is 0 Å². The number of aliphatic hydroxyl groups is 1. The molecule has 0 saturated heterocycles. The SMILES string of the molecule is CCC(C)(C)NC(=O)COc1cc(Br)ccc1C(C)O. The van der Waals surface area contributed by atoms with Crippen molar-refractivity contribution in [2.75, 3.05) is 6.61 Å². The fourth-order valence-electron chi connectivity index (χ4n) is 1.62. The van der Waals surface area contributed by atoms with E-state index in [1.807, 2.05) is 26.8 Å². The van der Waals surface area contributed by atoms with Gasteiger partial charge < -0.3 is 15.2 Å². The Bertz CT molecular complexity index is 472. The maximum Gasteiger partial charge on any atom is 0.258 e. The van der Waals surface area contributed by atoms with Gasteiger partial charge in [-0.25, -0.2) is 0 Å². The molecule has 0 fully saturated rings. The van der Waals surface area contributed by atoms with Crippen molar-refractivity contribution < 1.29 is 14.6 Å². The number of rotatable bonds is 6. The number of aliphatic hydroxyl groups excluding tert-OH is 1. The maximum atomic E-state index is 11.8. The van der Waals surface area contributed by atoms with E-state index in [1.165, 1.54) is 0 Å². The van der Waals surface area contributed by atoms with E-state index in [0.717, 1.165) is 10.9 Å². The maximum absolute atomic E-state index is 11.8. The van der Waals surface area contributed by atoms with Crippen LogP contribution in [0, 0.1) is 0 Å². The molecule has 0 spiro atoms. The van der Waals surface area contributed by atoms with Gasteiger partial charge in [0.05, 0.1) is 6.10 Å². The van der Waals surface area contributed by atoms with Gasteiger partial charge in [-0.2, -0.15) is 0 Å². The number of benzene rings is 1. The minimum absolute atomic E-state index is 0.0698. The number of carbonyl (C=O) groups is 1. The number of carbonyl (C=O) groups excluding carboxylic acids is 1. The molecule has 1 aromatic rings. The predicted molar refractivity (Wildman–Crippen MR) is 82.8 cm³/mol. The standard InChI is InChI=1S/C15H22BrNO3/c1-5-15(3,4)17-14(19)9-20-13-8-11(16)6-7-12(13)10(2)18/h6-8,10,18H,5,9H2,1-4H3,(H,17,19). The normalized spacial score (nSPS) is 12.9. The summed E-state index contributed by atoms with van der Waals surface area (Å²) in [7, 11) is 0. The summed E-state index contributed by atoms with van der Waals surface area (Å²) in [6.07, 6.45) is 0.197. The first-order chi connectivity index (χ1) is 9.25. The van der Waals surface area contributed by atoms with Gasteiger partial charge in [0, 0.05) is 15.6 Å². The van der Waals surface area contributed by atoms with Crippen LogP contribution in [-0.2, 0) is 4.79 Å². The summed E-state index contributed by atoms with van der Waals surface area (Å²) in [5.41, 5.74) is 0.418. The van der Waals surface area contributed by atoms with E-state index in [4.69, 9.17) is 4.74 Å². The number of hydrogen-bond donors (Lipinski definition) is 2. The molecule has 1 aromatic carbocycles. The third-order valence-corrected chi connectivity index (χ3v) is 3.64. The molecule has 1 amide bonds. The molecule has 1 unspecified atom stereocenters. The third-order valence-electron chi connectivity index (χ3n) is 3.15. The number of ether oxygens (including phenoxy) is 1. The molecule has 112 valence electrons. The van der Waals surface area contributed by atoms with E-state index in [1.54, 1.807) is 19.1 Å². The molecule has 4 nitrogen and oxygen atoms in total. The predicted octanol–water partition coefficient (Wildman–Crippen LogP) is 3.19. The Hall–Kier alpha value is -1.07. The number of hydrogen-bond acceptors (Lipinski definition) is 3. The van der Waals surface area contributed by atoms with Crippen LogP contribution in [0.4, 0.5) is 0 Å². The fourth-order valence-corrected chi connectivity index (χ4v) is 1.96. The van der Waals surface area contributed by atoms with E-state index in [-0.39, 0.29) is 18.1 Å². The summed E-state index contributed by atoms with van der Waals surface area (Å²) in [6.45, 7) is 7.54. The minimum atomic E-state index is -0.645. The molecule has 0 saturated carbocycles. The molecular weight excluding hydrogens is 322 g/mol. The van der Waals surface area contributed by atoms with E-state index in [9.17, 15) is 9.90 Å². The summed E-state index contributed by atoms with van der Waals surface area (Å²) in [5.74, 6) is 0.340. The smallest absolute Gasteiger partial charge is 0.258 e. The first-order valence-electron chi connectivity index (χ1n) is 6.66. The van der Waals surface area contributed by atoms with Crippen LogP contribution < -0.4 is 10.1 Å². The molecule has 0 aromatic heterocycles. The largest absolute Gasteiger partial charge is 0.483 e. The van der Waals surface area contributed by atoms with Gasteiger partial charge in [-0.1, -0.05) is 28.9 Å². The lowest BCUT2D eigenvalue weighted by Gasteiger charge is -2.24. The second kappa shape index (κ2) is 7.09. The van der Waals surface area contributed by atoms with E-state index in [2.05, 4.69) is 21.2 Å². The van der Waals surface area contributed by atoms with Gasteiger partial charge in [-0.15, -0.1) is 0 Å². The fraction of sp³-hybridized carbons (Fsp3) is 0.533. The Morgan fingerprint density at radius 2 is 2.15 bits per heavy atom. The van der Waals surface area contributed by atoms with Gasteiger partial charge in [-0.05, 0) is 39.3 Å². The summed E-state index contributed by atoms with van der Waals surface area (Å²) >= 11 is 3.35. The monoisotopic (exact) mass is 343 g/mol. The molecule has 0 aliphatic rings. The van der Waals surface area contributed by atoms with Crippen LogP contribution in [0.1, 0.15) is 45.8 Å². The zero-order chi connectivity index (χ0) is 15.3. The van der Waals surface area contributed by atoms with Gasteiger partial charge in [0.1, 0.15) is 5.75 Å². The average molecular weight is 344 g/mol. The van der Waals surface area contributed by atoms with Crippen LogP contribution >= 0.6 is 15.9 Å². The Morgan fingerprint density at radius 3 is 2.70 bits per heavy atom. The lowest BCUT2D eigenvalue weighted by atomic mass is 10.0. The van der Waals surface area contributed by atoms with Crippen molar-refractivity contribution in [3.63, 3.8) is 0 Å². The van der Waals surface area contributed by atoms with E-state index in [0.29, 0.717) is 11.3 Å². The molecule has 0 aliphatic heterocycles. The first kappa shape index (κ1) is 17.0. The van der Waals surface area contributed by atoms with Gasteiger partial charge >= 0.3 is 0 Å². The molecular formula is C15H22BrNO3. The highest BCUT2D eigenvalue weighted by atomic mass is 79.9. The molecule has 1 rings (SSSR count). The summed E-state index contributed by atoms with van der Waals surface area (Å²) in [5, 5.41) is 12.6. The quantitative estimate of drug-likeness (QED) is 0.833. The molecule has 20 heavy (non-hydrogen) atoms. The van der Waals surface area contributed by atoms with Crippen molar-refractivity contribution in [3.05, 3.63) is 28.2 Å². The second-order valence-electron chi connectivity index (χ2n) is 5.43. The highest BCUT2D eigenvalue weighted by molar-refractivity contribution is 9.10. The van der Waals surface area contributed by atoms with E-state index >= 15 is 0 Å².